The number of aromatic nitrogens is 1. The number of fused-ring (bicyclic) bond motifs is 1. The van der Waals surface area contributed by atoms with E-state index in [9.17, 15) is 0 Å². The molecule has 202 valence electrons. The van der Waals surface area contributed by atoms with Crippen LogP contribution >= 0.6 is 0 Å². The molecule has 2 saturated carbocycles. The van der Waals surface area contributed by atoms with Crippen LogP contribution in [0.1, 0.15) is 110 Å². The van der Waals surface area contributed by atoms with Gasteiger partial charge in [-0.25, -0.2) is 9.98 Å². The van der Waals surface area contributed by atoms with Crippen LogP contribution in [0.3, 0.4) is 0 Å². The van der Waals surface area contributed by atoms with Crippen LogP contribution in [0.5, 0.6) is 0 Å². The van der Waals surface area contributed by atoms with Crippen molar-refractivity contribution >= 4 is 18.4 Å². The van der Waals surface area contributed by atoms with Crippen molar-refractivity contribution in [2.45, 2.75) is 104 Å². The van der Waals surface area contributed by atoms with Gasteiger partial charge in [0.2, 0.25) is 0 Å². The van der Waals surface area contributed by atoms with Crippen LogP contribution in [0.2, 0.25) is 0 Å². The number of hydrogen-bond acceptors (Lipinski definition) is 2. The maximum absolute atomic E-state index is 5.04. The summed E-state index contributed by atoms with van der Waals surface area (Å²) in [5.41, 5.74) is 6.37. The maximum Gasteiger partial charge on any atom is 0.158 e. The molecule has 38 heavy (non-hydrogen) atoms. The lowest BCUT2D eigenvalue weighted by molar-refractivity contribution is 0.125. The van der Waals surface area contributed by atoms with Crippen molar-refractivity contribution in [1.82, 2.24) is 4.98 Å². The summed E-state index contributed by atoms with van der Waals surface area (Å²) < 4.78 is 0. The van der Waals surface area contributed by atoms with Gasteiger partial charge >= 0.3 is 0 Å². The fourth-order valence-corrected chi connectivity index (χ4v) is 7.07. The Hall–Kier alpha value is -2.62. The zero-order valence-corrected chi connectivity index (χ0v) is 24.5. The molecule has 3 aliphatic carbocycles. The van der Waals surface area contributed by atoms with Crippen LogP contribution < -0.4 is 0 Å². The van der Waals surface area contributed by atoms with Gasteiger partial charge in [-0.05, 0) is 83.9 Å². The first-order valence-corrected chi connectivity index (χ1v) is 14.8. The van der Waals surface area contributed by atoms with Gasteiger partial charge < -0.3 is 0 Å². The van der Waals surface area contributed by atoms with Gasteiger partial charge in [-0.3, -0.25) is 9.98 Å². The molecule has 0 aliphatic heterocycles. The molecule has 4 nitrogen and oxygen atoms in total. The van der Waals surface area contributed by atoms with E-state index >= 15 is 0 Å². The van der Waals surface area contributed by atoms with E-state index in [2.05, 4.69) is 83.6 Å². The van der Waals surface area contributed by atoms with Crippen LogP contribution in [0.15, 0.2) is 51.5 Å². The number of hydrogen-bond donors (Lipinski definition) is 0. The first-order chi connectivity index (χ1) is 18.1. The lowest BCUT2D eigenvalue weighted by Gasteiger charge is -2.44. The highest BCUT2D eigenvalue weighted by atomic mass is 15.0. The SMILES string of the molecule is C=NC(=NC(=NCC1CCCC1)c1ccc(-c2ccc3c(c2)C(C)(C)C(C)(C)C3(C)C)nc1)C1CCCC1. The number of amidine groups is 2. The number of nitrogens with zero attached hydrogens (tertiary/aromatic N) is 4. The number of rotatable bonds is 5. The van der Waals surface area contributed by atoms with Gasteiger partial charge in [0.25, 0.3) is 0 Å². The molecule has 4 heteroatoms. The summed E-state index contributed by atoms with van der Waals surface area (Å²) in [4.78, 5) is 19.3. The molecular weight excluding hydrogens is 464 g/mol. The van der Waals surface area contributed by atoms with Crippen molar-refractivity contribution in [3.8, 4) is 11.3 Å². The minimum Gasteiger partial charge on any atom is -0.266 e. The van der Waals surface area contributed by atoms with Crippen LogP contribution in [0.4, 0.5) is 0 Å². The Kier molecular flexibility index (Phi) is 7.22. The molecule has 0 spiro atoms. The van der Waals surface area contributed by atoms with Crippen molar-refractivity contribution in [3.05, 3.63) is 53.2 Å². The van der Waals surface area contributed by atoms with Gasteiger partial charge in [0.15, 0.2) is 5.84 Å². The summed E-state index contributed by atoms with van der Waals surface area (Å²) >= 11 is 0. The van der Waals surface area contributed by atoms with Crippen molar-refractivity contribution in [3.63, 3.8) is 0 Å². The highest BCUT2D eigenvalue weighted by Gasteiger charge is 2.56. The monoisotopic (exact) mass is 510 g/mol. The van der Waals surface area contributed by atoms with E-state index < -0.39 is 0 Å². The Balaban J connectivity index is 1.47. The molecule has 2 fully saturated rings. The van der Waals surface area contributed by atoms with Gasteiger partial charge in [-0.2, -0.15) is 0 Å². The smallest absolute Gasteiger partial charge is 0.158 e. The van der Waals surface area contributed by atoms with E-state index in [0.29, 0.717) is 11.8 Å². The standard InChI is InChI=1S/C34H46N4/c1-32(2)27-18-16-25(20-28(27)33(3,4)34(32,5)6)29-19-17-26(22-36-29)31(37-21-23-12-8-9-13-23)38-30(35-7)24-14-10-11-15-24/h16-20,22-24H,7-15,21H2,1-6H3. The van der Waals surface area contributed by atoms with Crippen molar-refractivity contribution in [2.24, 2.45) is 32.2 Å². The molecule has 1 aromatic carbocycles. The van der Waals surface area contributed by atoms with E-state index in [4.69, 9.17) is 15.0 Å². The third kappa shape index (κ3) is 4.58. The van der Waals surface area contributed by atoms with Crippen LogP contribution in [0, 0.1) is 17.3 Å². The molecule has 0 saturated heterocycles. The minimum absolute atomic E-state index is 0.0743. The van der Waals surface area contributed by atoms with Gasteiger partial charge in [0.05, 0.1) is 5.69 Å². The highest BCUT2D eigenvalue weighted by molar-refractivity contribution is 6.07. The largest absolute Gasteiger partial charge is 0.266 e. The zero-order valence-electron chi connectivity index (χ0n) is 24.5. The normalized spacial score (nSPS) is 23.1. The molecule has 3 aliphatic rings. The Morgan fingerprint density at radius 1 is 0.868 bits per heavy atom. The van der Waals surface area contributed by atoms with E-state index in [1.165, 1.54) is 55.2 Å². The number of aliphatic imine (C=N–C) groups is 3. The molecule has 0 bridgehead atoms. The van der Waals surface area contributed by atoms with Gasteiger partial charge in [0.1, 0.15) is 5.84 Å². The Morgan fingerprint density at radius 2 is 1.53 bits per heavy atom. The zero-order chi connectivity index (χ0) is 27.1. The molecule has 2 aromatic rings. The van der Waals surface area contributed by atoms with Crippen molar-refractivity contribution in [1.29, 1.82) is 0 Å². The second-order valence-corrected chi connectivity index (χ2v) is 13.5. The lowest BCUT2D eigenvalue weighted by atomic mass is 9.59. The molecule has 1 heterocycles. The first kappa shape index (κ1) is 27.0. The summed E-state index contributed by atoms with van der Waals surface area (Å²) in [5, 5.41) is 0. The predicted molar refractivity (Wildman–Crippen MR) is 162 cm³/mol. The molecule has 5 rings (SSSR count). The average molecular weight is 511 g/mol. The van der Waals surface area contributed by atoms with Gasteiger partial charge in [-0.15, -0.1) is 0 Å². The fourth-order valence-electron chi connectivity index (χ4n) is 7.07. The minimum atomic E-state index is 0.0743. The third-order valence-electron chi connectivity index (χ3n) is 10.9. The van der Waals surface area contributed by atoms with E-state index in [1.807, 2.05) is 6.20 Å². The molecule has 0 unspecified atom stereocenters. The second kappa shape index (κ2) is 10.2. The van der Waals surface area contributed by atoms with E-state index in [0.717, 1.165) is 42.3 Å². The third-order valence-corrected chi connectivity index (χ3v) is 10.9. The topological polar surface area (TPSA) is 50.0 Å². The molecule has 0 amide bonds. The second-order valence-electron chi connectivity index (χ2n) is 13.5. The van der Waals surface area contributed by atoms with E-state index in [1.54, 1.807) is 0 Å². The van der Waals surface area contributed by atoms with Crippen molar-refractivity contribution in [2.75, 3.05) is 6.54 Å². The van der Waals surface area contributed by atoms with Gasteiger partial charge in [-0.1, -0.05) is 79.4 Å². The van der Waals surface area contributed by atoms with Crippen molar-refractivity contribution < 1.29 is 0 Å². The van der Waals surface area contributed by atoms with Crippen LogP contribution in [0.25, 0.3) is 11.3 Å². The molecular formula is C34H46N4. The summed E-state index contributed by atoms with van der Waals surface area (Å²) in [6.45, 7) is 19.1. The summed E-state index contributed by atoms with van der Waals surface area (Å²) in [6, 6.07) is 11.2. The maximum atomic E-state index is 5.04. The molecule has 0 radical (unpaired) electrons. The van der Waals surface area contributed by atoms with Crippen LogP contribution in [-0.2, 0) is 10.8 Å². The summed E-state index contributed by atoms with van der Waals surface area (Å²) in [5.74, 6) is 2.69. The fraction of sp³-hybridized carbons (Fsp3) is 0.588. The Bertz CT molecular complexity index is 1230. The lowest BCUT2D eigenvalue weighted by Crippen LogP contribution is -2.42. The summed E-state index contributed by atoms with van der Waals surface area (Å²) in [7, 11) is 0. The number of pyridine rings is 1. The average Bonchev–Trinajstić information content (AvgIpc) is 3.65. The molecule has 0 atom stereocenters. The van der Waals surface area contributed by atoms with Crippen LogP contribution in [-0.4, -0.2) is 29.9 Å². The highest BCUT2D eigenvalue weighted by Crippen LogP contribution is 2.61. The quantitative estimate of drug-likeness (QED) is 0.293. The Labute approximate surface area is 230 Å². The first-order valence-electron chi connectivity index (χ1n) is 14.8. The molecule has 1 aromatic heterocycles. The summed E-state index contributed by atoms with van der Waals surface area (Å²) in [6.07, 6.45) is 11.9. The molecule has 0 N–H and O–H groups in total. The van der Waals surface area contributed by atoms with Gasteiger partial charge in [0, 0.05) is 29.8 Å². The predicted octanol–water partition coefficient (Wildman–Crippen LogP) is 8.57. The Morgan fingerprint density at radius 3 is 2.16 bits per heavy atom. The number of benzene rings is 1. The van der Waals surface area contributed by atoms with E-state index in [-0.39, 0.29) is 16.2 Å².